The maximum absolute atomic E-state index is 13.2. The third kappa shape index (κ3) is 4.29. The van der Waals surface area contributed by atoms with E-state index >= 15 is 0 Å². The number of ether oxygens (including phenoxy) is 1. The fourth-order valence-electron chi connectivity index (χ4n) is 3.41. The van der Waals surface area contributed by atoms with E-state index in [9.17, 15) is 9.59 Å². The molecule has 0 radical (unpaired) electrons. The number of quaternary nitrogens is 1. The van der Waals surface area contributed by atoms with Crippen molar-refractivity contribution in [2.75, 3.05) is 25.0 Å². The van der Waals surface area contributed by atoms with Gasteiger partial charge < -0.3 is 15.0 Å². The third-order valence-corrected chi connectivity index (χ3v) is 4.70. The maximum atomic E-state index is 13.2. The summed E-state index contributed by atoms with van der Waals surface area (Å²) in [5.41, 5.74) is 1.64. The van der Waals surface area contributed by atoms with Gasteiger partial charge in [0.2, 0.25) is 0 Å². The number of piperidine rings is 1. The predicted octanol–water partition coefficient (Wildman–Crippen LogP) is 2.01. The van der Waals surface area contributed by atoms with E-state index in [2.05, 4.69) is 5.32 Å². The molecule has 1 saturated heterocycles. The molecule has 0 saturated carbocycles. The molecule has 1 fully saturated rings. The quantitative estimate of drug-likeness (QED) is 0.835. The molecule has 136 valence electrons. The Hall–Kier alpha value is -2.66. The molecule has 26 heavy (non-hydrogen) atoms. The average Bonchev–Trinajstić information content (AvgIpc) is 2.66. The van der Waals surface area contributed by atoms with Gasteiger partial charge in [-0.25, -0.2) is 0 Å². The summed E-state index contributed by atoms with van der Waals surface area (Å²) in [6.45, 7) is 3.81. The molecule has 0 unspecified atom stereocenters. The molecule has 0 aliphatic carbocycles. The van der Waals surface area contributed by atoms with Gasteiger partial charge in [0.05, 0.1) is 38.2 Å². The van der Waals surface area contributed by atoms with Crippen molar-refractivity contribution in [3.8, 4) is 5.75 Å². The molecule has 5 heteroatoms. The fourth-order valence-corrected chi connectivity index (χ4v) is 3.41. The number of para-hydroxylation sites is 2. The van der Waals surface area contributed by atoms with E-state index < -0.39 is 0 Å². The monoisotopic (exact) mass is 353 g/mol. The van der Waals surface area contributed by atoms with Crippen LogP contribution in [-0.2, 0) is 9.59 Å². The van der Waals surface area contributed by atoms with Crippen LogP contribution < -0.4 is 15.0 Å². The van der Waals surface area contributed by atoms with E-state index in [0.29, 0.717) is 44.0 Å². The highest BCUT2D eigenvalue weighted by atomic mass is 16.5. The predicted molar refractivity (Wildman–Crippen MR) is 100 cm³/mol. The van der Waals surface area contributed by atoms with Crippen LogP contribution in [0.1, 0.15) is 31.4 Å². The number of likely N-dealkylation sites (tertiary alicyclic amines) is 1. The van der Waals surface area contributed by atoms with Gasteiger partial charge in [-0.15, -0.1) is 0 Å². The van der Waals surface area contributed by atoms with Crippen molar-refractivity contribution in [1.29, 1.82) is 0 Å². The minimum Gasteiger partial charge on any atom is -0.492 e. The molecule has 0 bridgehead atoms. The molecule has 1 heterocycles. The van der Waals surface area contributed by atoms with Crippen LogP contribution in [0.15, 0.2) is 54.6 Å². The van der Waals surface area contributed by atoms with Crippen LogP contribution in [0.4, 0.5) is 5.69 Å². The second-order valence-electron chi connectivity index (χ2n) is 6.46. The molecule has 1 aliphatic heterocycles. The molecule has 3 rings (SSSR count). The first-order valence-corrected chi connectivity index (χ1v) is 9.13. The van der Waals surface area contributed by atoms with Crippen LogP contribution in [0.25, 0.3) is 0 Å². The minimum atomic E-state index is -0.348. The Labute approximate surface area is 154 Å². The average molecular weight is 353 g/mol. The van der Waals surface area contributed by atoms with Crippen LogP contribution >= 0.6 is 0 Å². The first-order chi connectivity index (χ1) is 12.7. The number of hydrogen-bond donors (Lipinski definition) is 2. The Morgan fingerprint density at radius 2 is 1.73 bits per heavy atom. The number of nitrogens with one attached hydrogen (secondary N) is 2. The summed E-state index contributed by atoms with van der Waals surface area (Å²) < 4.78 is 5.62. The molecule has 5 nitrogen and oxygen atoms in total. The van der Waals surface area contributed by atoms with Crippen molar-refractivity contribution < 1.29 is 19.2 Å². The Balaban J connectivity index is 1.85. The largest absolute Gasteiger partial charge is 0.492 e. The molecule has 1 atom stereocenters. The highest BCUT2D eigenvalue weighted by Crippen LogP contribution is 2.25. The van der Waals surface area contributed by atoms with Crippen LogP contribution in [0.3, 0.4) is 0 Å². The van der Waals surface area contributed by atoms with Gasteiger partial charge in [0, 0.05) is 5.56 Å². The van der Waals surface area contributed by atoms with Crippen LogP contribution in [0.2, 0.25) is 0 Å². The number of amides is 1. The standard InChI is InChI=1S/C21H24N2O3/c1-2-26-19-11-7-6-10-18(19)22-21(25)20(16-8-4-3-5-9-16)23-14-12-17(24)13-15-23/h3-11,20H,2,12-15H2,1H3,(H,22,25)/p+1/t20-/m0/s1. The van der Waals surface area contributed by atoms with Gasteiger partial charge in [0.1, 0.15) is 11.5 Å². The number of carbonyl (C=O) groups is 2. The number of anilines is 1. The summed E-state index contributed by atoms with van der Waals surface area (Å²) in [5, 5.41) is 3.03. The summed E-state index contributed by atoms with van der Waals surface area (Å²) in [6.07, 6.45) is 1.06. The maximum Gasteiger partial charge on any atom is 0.287 e. The topological polar surface area (TPSA) is 59.8 Å². The summed E-state index contributed by atoms with van der Waals surface area (Å²) in [7, 11) is 0. The lowest BCUT2D eigenvalue weighted by Crippen LogP contribution is -3.14. The smallest absolute Gasteiger partial charge is 0.287 e. The third-order valence-electron chi connectivity index (χ3n) is 4.70. The zero-order valence-electron chi connectivity index (χ0n) is 15.0. The summed E-state index contributed by atoms with van der Waals surface area (Å²) >= 11 is 0. The Kier molecular flexibility index (Phi) is 6.02. The minimum absolute atomic E-state index is 0.0762. The number of ketones is 1. The van der Waals surface area contributed by atoms with E-state index in [-0.39, 0.29) is 17.7 Å². The number of rotatable bonds is 6. The van der Waals surface area contributed by atoms with Crippen molar-refractivity contribution in [2.24, 2.45) is 0 Å². The first-order valence-electron chi connectivity index (χ1n) is 9.13. The lowest BCUT2D eigenvalue weighted by atomic mass is 10.0. The molecular formula is C21H25N2O3+. The van der Waals surface area contributed by atoms with Gasteiger partial charge in [0.25, 0.3) is 5.91 Å². The van der Waals surface area contributed by atoms with Crippen molar-refractivity contribution in [3.63, 3.8) is 0 Å². The molecule has 2 N–H and O–H groups in total. The molecule has 0 spiro atoms. The van der Waals surface area contributed by atoms with Crippen LogP contribution in [0.5, 0.6) is 5.75 Å². The number of Topliss-reactive ketones (excluding diaryl/α,β-unsaturated/α-hetero) is 1. The zero-order valence-corrected chi connectivity index (χ0v) is 15.0. The molecular weight excluding hydrogens is 328 g/mol. The van der Waals surface area contributed by atoms with Crippen molar-refractivity contribution in [3.05, 3.63) is 60.2 Å². The Bertz CT molecular complexity index is 751. The van der Waals surface area contributed by atoms with Gasteiger partial charge >= 0.3 is 0 Å². The molecule has 1 amide bonds. The van der Waals surface area contributed by atoms with E-state index in [1.807, 2.05) is 61.5 Å². The first kappa shape index (κ1) is 18.1. The van der Waals surface area contributed by atoms with Gasteiger partial charge in [0.15, 0.2) is 6.04 Å². The Morgan fingerprint density at radius 1 is 1.08 bits per heavy atom. The second-order valence-corrected chi connectivity index (χ2v) is 6.46. The van der Waals surface area contributed by atoms with E-state index in [1.165, 1.54) is 0 Å². The van der Waals surface area contributed by atoms with E-state index in [4.69, 9.17) is 4.74 Å². The lowest BCUT2D eigenvalue weighted by molar-refractivity contribution is -0.923. The Morgan fingerprint density at radius 3 is 2.42 bits per heavy atom. The normalized spacial score (nSPS) is 16.1. The SMILES string of the molecule is CCOc1ccccc1NC(=O)[C@H](c1ccccc1)[NH+]1CCC(=O)CC1. The number of benzene rings is 2. The summed E-state index contributed by atoms with van der Waals surface area (Å²) in [4.78, 5) is 25.9. The lowest BCUT2D eigenvalue weighted by Gasteiger charge is -2.30. The van der Waals surface area contributed by atoms with Crippen LogP contribution in [-0.4, -0.2) is 31.4 Å². The van der Waals surface area contributed by atoms with Crippen molar-refractivity contribution >= 4 is 17.4 Å². The number of carbonyl (C=O) groups excluding carboxylic acids is 2. The summed E-state index contributed by atoms with van der Waals surface area (Å²) in [6, 6.07) is 16.9. The zero-order chi connectivity index (χ0) is 18.4. The highest BCUT2D eigenvalue weighted by Gasteiger charge is 2.34. The summed E-state index contributed by atoms with van der Waals surface area (Å²) in [5.74, 6) is 0.870. The van der Waals surface area contributed by atoms with E-state index in [1.54, 1.807) is 0 Å². The van der Waals surface area contributed by atoms with Crippen molar-refractivity contribution in [2.45, 2.75) is 25.8 Å². The van der Waals surface area contributed by atoms with Gasteiger partial charge in [-0.05, 0) is 19.1 Å². The van der Waals surface area contributed by atoms with E-state index in [0.717, 1.165) is 10.5 Å². The highest BCUT2D eigenvalue weighted by molar-refractivity contribution is 5.96. The number of hydrogen-bond acceptors (Lipinski definition) is 3. The van der Waals surface area contributed by atoms with Gasteiger partial charge in [-0.3, -0.25) is 9.59 Å². The molecule has 0 aromatic heterocycles. The van der Waals surface area contributed by atoms with Crippen LogP contribution in [0, 0.1) is 0 Å². The van der Waals surface area contributed by atoms with Gasteiger partial charge in [-0.1, -0.05) is 42.5 Å². The molecule has 2 aromatic carbocycles. The van der Waals surface area contributed by atoms with Gasteiger partial charge in [-0.2, -0.15) is 0 Å². The fraction of sp³-hybridized carbons (Fsp3) is 0.333. The second kappa shape index (κ2) is 8.63. The van der Waals surface area contributed by atoms with Crippen molar-refractivity contribution in [1.82, 2.24) is 0 Å². The molecule has 2 aromatic rings. The molecule has 1 aliphatic rings.